The van der Waals surface area contributed by atoms with Crippen molar-refractivity contribution in [1.82, 2.24) is 20.2 Å². The maximum atomic E-state index is 13.0. The molecular weight excluding hydrogens is 423 g/mol. The van der Waals surface area contributed by atoms with Gasteiger partial charge in [-0.2, -0.15) is 0 Å². The molecule has 1 aliphatic heterocycles. The number of nitrogens with one attached hydrogen (secondary N) is 2. The Kier molecular flexibility index (Phi) is 5.77. The van der Waals surface area contributed by atoms with E-state index in [0.29, 0.717) is 35.4 Å². The molecule has 0 bridgehead atoms. The summed E-state index contributed by atoms with van der Waals surface area (Å²) in [6.45, 7) is 4.73. The lowest BCUT2D eigenvalue weighted by Crippen LogP contribution is -2.51. The van der Waals surface area contributed by atoms with Crippen LogP contribution < -0.4 is 5.32 Å². The Labute approximate surface area is 185 Å². The summed E-state index contributed by atoms with van der Waals surface area (Å²) in [6, 6.07) is 12.7. The molecule has 0 aliphatic carbocycles. The topological polar surface area (TPSA) is 81.2 Å². The van der Waals surface area contributed by atoms with E-state index >= 15 is 0 Å². The van der Waals surface area contributed by atoms with Crippen molar-refractivity contribution in [3.05, 3.63) is 63.9 Å². The van der Waals surface area contributed by atoms with Crippen molar-refractivity contribution in [3.8, 4) is 0 Å². The van der Waals surface area contributed by atoms with E-state index in [1.165, 1.54) is 0 Å². The lowest BCUT2D eigenvalue weighted by molar-refractivity contribution is -0.127. The summed E-state index contributed by atoms with van der Waals surface area (Å²) in [5, 5.41) is 14.2. The summed E-state index contributed by atoms with van der Waals surface area (Å²) in [5.41, 5.74) is 2.20. The summed E-state index contributed by atoms with van der Waals surface area (Å²) in [7, 11) is 0. The highest BCUT2D eigenvalue weighted by Crippen LogP contribution is 2.37. The van der Waals surface area contributed by atoms with E-state index in [-0.39, 0.29) is 5.91 Å². The first-order valence-corrected chi connectivity index (χ1v) is 10.6. The highest BCUT2D eigenvalue weighted by Gasteiger charge is 2.44. The zero-order chi connectivity index (χ0) is 21.5. The first-order chi connectivity index (χ1) is 14.3. The molecule has 2 aromatic carbocycles. The SMILES string of the molecule is CC(C)(c1ccc(Cl)c(Cl)c1)N1CC(O)CC1C(=O)NCc1nc2ccccc2[nH]1. The second-order valence-electron chi connectivity index (χ2n) is 8.16. The average molecular weight is 447 g/mol. The number of likely N-dealkylation sites (tertiary alicyclic amines) is 1. The van der Waals surface area contributed by atoms with Gasteiger partial charge in [-0.3, -0.25) is 9.69 Å². The number of rotatable bonds is 5. The summed E-state index contributed by atoms with van der Waals surface area (Å²) in [6.07, 6.45) is -0.203. The third kappa shape index (κ3) is 4.05. The number of aliphatic hydroxyl groups excluding tert-OH is 1. The highest BCUT2D eigenvalue weighted by molar-refractivity contribution is 6.42. The molecule has 158 valence electrons. The van der Waals surface area contributed by atoms with Crippen molar-refractivity contribution in [3.63, 3.8) is 0 Å². The molecule has 4 rings (SSSR count). The van der Waals surface area contributed by atoms with E-state index in [4.69, 9.17) is 23.2 Å². The lowest BCUT2D eigenvalue weighted by atomic mass is 9.91. The van der Waals surface area contributed by atoms with Crippen LogP contribution in [0, 0.1) is 0 Å². The second kappa shape index (κ2) is 8.19. The van der Waals surface area contributed by atoms with Crippen LogP contribution in [0.15, 0.2) is 42.5 Å². The van der Waals surface area contributed by atoms with Gasteiger partial charge in [0.25, 0.3) is 0 Å². The first-order valence-electron chi connectivity index (χ1n) is 9.87. The Hall–Kier alpha value is -2.12. The van der Waals surface area contributed by atoms with E-state index in [2.05, 4.69) is 15.3 Å². The third-order valence-electron chi connectivity index (χ3n) is 5.79. The number of imidazole rings is 1. The van der Waals surface area contributed by atoms with Gasteiger partial charge in [-0.05, 0) is 50.1 Å². The minimum atomic E-state index is -0.575. The van der Waals surface area contributed by atoms with Gasteiger partial charge < -0.3 is 15.4 Å². The van der Waals surface area contributed by atoms with Crippen LogP contribution in [0.3, 0.4) is 0 Å². The number of nitrogens with zero attached hydrogens (tertiary/aromatic N) is 2. The molecule has 6 nitrogen and oxygen atoms in total. The van der Waals surface area contributed by atoms with Crippen molar-refractivity contribution in [1.29, 1.82) is 0 Å². The fraction of sp³-hybridized carbons (Fsp3) is 0.364. The molecule has 3 N–H and O–H groups in total. The fourth-order valence-corrected chi connectivity index (χ4v) is 4.40. The predicted molar refractivity (Wildman–Crippen MR) is 119 cm³/mol. The Morgan fingerprint density at radius 1 is 1.27 bits per heavy atom. The van der Waals surface area contributed by atoms with E-state index in [0.717, 1.165) is 16.6 Å². The molecule has 1 aromatic heterocycles. The number of H-pyrrole nitrogens is 1. The van der Waals surface area contributed by atoms with E-state index < -0.39 is 17.7 Å². The molecule has 1 aliphatic rings. The van der Waals surface area contributed by atoms with Crippen LogP contribution in [0.25, 0.3) is 11.0 Å². The Balaban J connectivity index is 1.51. The van der Waals surface area contributed by atoms with Crippen LogP contribution >= 0.6 is 23.2 Å². The highest BCUT2D eigenvalue weighted by atomic mass is 35.5. The number of aromatic nitrogens is 2. The number of hydrogen-bond acceptors (Lipinski definition) is 4. The summed E-state index contributed by atoms with van der Waals surface area (Å²) in [4.78, 5) is 22.8. The molecule has 0 radical (unpaired) electrons. The van der Waals surface area contributed by atoms with Crippen LogP contribution in [0.2, 0.25) is 10.0 Å². The monoisotopic (exact) mass is 446 g/mol. The first kappa shape index (κ1) is 21.1. The Bertz CT molecular complexity index is 1050. The van der Waals surface area contributed by atoms with Crippen LogP contribution in [-0.4, -0.2) is 44.6 Å². The van der Waals surface area contributed by atoms with Gasteiger partial charge in [-0.15, -0.1) is 0 Å². The van der Waals surface area contributed by atoms with Crippen LogP contribution in [0.4, 0.5) is 0 Å². The molecule has 30 heavy (non-hydrogen) atoms. The number of carbonyl (C=O) groups excluding carboxylic acids is 1. The largest absolute Gasteiger partial charge is 0.392 e. The number of halogens is 2. The zero-order valence-electron chi connectivity index (χ0n) is 16.8. The molecule has 8 heteroatoms. The van der Waals surface area contributed by atoms with Gasteiger partial charge in [0.05, 0.1) is 39.8 Å². The lowest BCUT2D eigenvalue weighted by Gasteiger charge is -2.39. The molecule has 2 unspecified atom stereocenters. The zero-order valence-corrected chi connectivity index (χ0v) is 18.3. The number of carbonyl (C=O) groups is 1. The van der Waals surface area contributed by atoms with Gasteiger partial charge in [-0.1, -0.05) is 41.4 Å². The maximum Gasteiger partial charge on any atom is 0.237 e. The second-order valence-corrected chi connectivity index (χ2v) is 8.98. The summed E-state index contributed by atoms with van der Waals surface area (Å²) >= 11 is 12.3. The van der Waals surface area contributed by atoms with Gasteiger partial charge >= 0.3 is 0 Å². The van der Waals surface area contributed by atoms with E-state index in [9.17, 15) is 9.90 Å². The van der Waals surface area contributed by atoms with Gasteiger partial charge in [0.2, 0.25) is 5.91 Å². The van der Waals surface area contributed by atoms with Crippen molar-refractivity contribution in [2.24, 2.45) is 0 Å². The number of hydrogen-bond donors (Lipinski definition) is 3. The number of amides is 1. The quantitative estimate of drug-likeness (QED) is 0.555. The van der Waals surface area contributed by atoms with E-state index in [1.807, 2.05) is 55.1 Å². The molecule has 1 saturated heterocycles. The summed E-state index contributed by atoms with van der Waals surface area (Å²) in [5.74, 6) is 0.554. The average Bonchev–Trinajstić information content (AvgIpc) is 3.31. The van der Waals surface area contributed by atoms with Gasteiger partial charge in [0.15, 0.2) is 0 Å². The van der Waals surface area contributed by atoms with E-state index in [1.54, 1.807) is 6.07 Å². The van der Waals surface area contributed by atoms with Crippen molar-refractivity contribution in [2.45, 2.75) is 44.5 Å². The smallest absolute Gasteiger partial charge is 0.237 e. The number of aliphatic hydroxyl groups is 1. The number of para-hydroxylation sites is 2. The Morgan fingerprint density at radius 2 is 2.03 bits per heavy atom. The molecule has 0 saturated carbocycles. The molecule has 3 aromatic rings. The minimum Gasteiger partial charge on any atom is -0.392 e. The van der Waals surface area contributed by atoms with Crippen LogP contribution in [0.5, 0.6) is 0 Å². The van der Waals surface area contributed by atoms with Crippen molar-refractivity contribution in [2.75, 3.05) is 6.54 Å². The minimum absolute atomic E-state index is 0.139. The van der Waals surface area contributed by atoms with Gasteiger partial charge in [0, 0.05) is 12.1 Å². The fourth-order valence-electron chi connectivity index (χ4n) is 4.10. The molecule has 2 heterocycles. The molecule has 2 atom stereocenters. The third-order valence-corrected chi connectivity index (χ3v) is 6.53. The number of β-amino-alcohol motifs (C(OH)–C–C–N with tert-alkyl or cyclic N) is 1. The Morgan fingerprint density at radius 3 is 2.77 bits per heavy atom. The number of fused-ring (bicyclic) bond motifs is 1. The standard InChI is InChI=1S/C22H24Cl2N4O2/c1-22(2,13-7-8-15(23)16(24)9-13)28-12-14(29)10-19(28)21(30)25-11-20-26-17-5-3-4-6-18(17)27-20/h3-9,14,19,29H,10-12H2,1-2H3,(H,25,30)(H,26,27). The van der Waals surface area contributed by atoms with Crippen molar-refractivity contribution < 1.29 is 9.90 Å². The molecular formula is C22H24Cl2N4O2. The number of benzene rings is 2. The van der Waals surface area contributed by atoms with Crippen molar-refractivity contribution >= 4 is 40.1 Å². The predicted octanol–water partition coefficient (Wildman–Crippen LogP) is 3.86. The van der Waals surface area contributed by atoms with Crippen LogP contribution in [-0.2, 0) is 16.9 Å². The number of aromatic amines is 1. The van der Waals surface area contributed by atoms with Gasteiger partial charge in [-0.25, -0.2) is 4.98 Å². The summed E-state index contributed by atoms with van der Waals surface area (Å²) < 4.78 is 0. The normalized spacial score (nSPS) is 20.0. The molecule has 0 spiro atoms. The molecule has 1 amide bonds. The van der Waals surface area contributed by atoms with Crippen LogP contribution in [0.1, 0.15) is 31.7 Å². The van der Waals surface area contributed by atoms with Gasteiger partial charge in [0.1, 0.15) is 5.82 Å². The molecule has 1 fully saturated rings. The maximum absolute atomic E-state index is 13.0.